The molecule has 29 heavy (non-hydrogen) atoms. The lowest BCUT2D eigenvalue weighted by Crippen LogP contribution is -2.44. The quantitative estimate of drug-likeness (QED) is 0.756. The number of likely N-dealkylation sites (tertiary alicyclic amines) is 1. The molecule has 2 N–H and O–H groups in total. The highest BCUT2D eigenvalue weighted by atomic mass is 19.1. The van der Waals surface area contributed by atoms with E-state index in [0.29, 0.717) is 19.0 Å². The van der Waals surface area contributed by atoms with Crippen molar-refractivity contribution >= 4 is 23.4 Å². The first-order valence-corrected chi connectivity index (χ1v) is 9.66. The van der Waals surface area contributed by atoms with Crippen molar-refractivity contribution in [2.75, 3.05) is 30.7 Å². The standard InChI is InChI=1S/C21H25FN6O/c1-3-19(29)28-8-4-5-17(13-28)24-20-18(22)10-23-21(26-20)25-16-7-6-14-11-27(2)12-15(14)9-16/h3,6-7,9-10,17H,1,4-5,8,11-13H2,2H3,(H2,23,24,25,26)/i2D. The number of hydrogen-bond acceptors (Lipinski definition) is 6. The maximum absolute atomic E-state index is 14.3. The zero-order valence-corrected chi connectivity index (χ0v) is 16.2. The summed E-state index contributed by atoms with van der Waals surface area (Å²) in [5, 5.41) is 6.25. The van der Waals surface area contributed by atoms with Crippen LogP contribution in [0, 0.1) is 5.82 Å². The fourth-order valence-electron chi connectivity index (χ4n) is 3.82. The SMILES string of the molecule is [2H]CN1Cc2ccc(Nc3ncc(F)c(NC4CCCN(C(=O)C=C)C4)n3)cc2C1. The van der Waals surface area contributed by atoms with E-state index in [4.69, 9.17) is 1.37 Å². The van der Waals surface area contributed by atoms with Crippen molar-refractivity contribution in [2.45, 2.75) is 32.0 Å². The van der Waals surface area contributed by atoms with Crippen molar-refractivity contribution < 1.29 is 10.6 Å². The Kier molecular flexibility index (Phi) is 5.08. The lowest BCUT2D eigenvalue weighted by Gasteiger charge is -2.32. The Balaban J connectivity index is 1.45. The average Bonchev–Trinajstić information content (AvgIpc) is 3.18. The maximum Gasteiger partial charge on any atom is 0.246 e. The van der Waals surface area contributed by atoms with Crippen LogP contribution in [0.3, 0.4) is 0 Å². The normalized spacial score (nSPS) is 19.4. The third-order valence-corrected chi connectivity index (χ3v) is 5.24. The van der Waals surface area contributed by atoms with Gasteiger partial charge in [0.15, 0.2) is 11.6 Å². The number of rotatable bonds is 5. The summed E-state index contributed by atoms with van der Waals surface area (Å²) in [6, 6.07) is 5.90. The van der Waals surface area contributed by atoms with Gasteiger partial charge in [-0.2, -0.15) is 4.98 Å². The van der Waals surface area contributed by atoms with Crippen LogP contribution in [0.5, 0.6) is 0 Å². The summed E-state index contributed by atoms with van der Waals surface area (Å²) in [6.07, 6.45) is 4.10. The molecule has 4 rings (SSSR count). The van der Waals surface area contributed by atoms with Crippen LogP contribution in [-0.4, -0.2) is 51.8 Å². The Morgan fingerprint density at radius 3 is 3.10 bits per heavy atom. The van der Waals surface area contributed by atoms with E-state index in [2.05, 4.69) is 27.2 Å². The third kappa shape index (κ3) is 4.37. The summed E-state index contributed by atoms with van der Waals surface area (Å²) in [5.41, 5.74) is 3.20. The number of carbonyl (C=O) groups is 1. The molecule has 0 bridgehead atoms. The van der Waals surface area contributed by atoms with Crippen molar-refractivity contribution in [1.82, 2.24) is 19.8 Å². The van der Waals surface area contributed by atoms with E-state index in [9.17, 15) is 9.18 Å². The van der Waals surface area contributed by atoms with Gasteiger partial charge in [-0.05, 0) is 49.2 Å². The van der Waals surface area contributed by atoms with Gasteiger partial charge in [-0.1, -0.05) is 12.6 Å². The Bertz CT molecular complexity index is 955. The topological polar surface area (TPSA) is 73.4 Å². The maximum atomic E-state index is 14.3. The predicted molar refractivity (Wildman–Crippen MR) is 110 cm³/mol. The summed E-state index contributed by atoms with van der Waals surface area (Å²) in [5.74, 6) is -0.239. The Labute approximate surface area is 171 Å². The minimum absolute atomic E-state index is 0.0873. The molecule has 1 amide bonds. The highest BCUT2D eigenvalue weighted by Crippen LogP contribution is 2.26. The van der Waals surface area contributed by atoms with Gasteiger partial charge in [-0.3, -0.25) is 9.69 Å². The molecule has 152 valence electrons. The molecule has 1 aromatic carbocycles. The van der Waals surface area contributed by atoms with Crippen LogP contribution in [0.15, 0.2) is 37.1 Å². The van der Waals surface area contributed by atoms with Crippen molar-refractivity contribution in [3.63, 3.8) is 0 Å². The second-order valence-electron chi connectivity index (χ2n) is 7.46. The number of anilines is 3. The van der Waals surface area contributed by atoms with Gasteiger partial charge in [0.25, 0.3) is 0 Å². The van der Waals surface area contributed by atoms with Crippen LogP contribution in [-0.2, 0) is 17.9 Å². The van der Waals surface area contributed by atoms with Gasteiger partial charge in [-0.25, -0.2) is 9.37 Å². The first-order valence-electron chi connectivity index (χ1n) is 10.4. The third-order valence-electron chi connectivity index (χ3n) is 5.24. The number of amides is 1. The van der Waals surface area contributed by atoms with Crippen LogP contribution in [0.4, 0.5) is 21.8 Å². The molecule has 2 aromatic rings. The summed E-state index contributed by atoms with van der Waals surface area (Å²) in [7, 11) is 0.268. The number of benzene rings is 1. The average molecular weight is 397 g/mol. The summed E-state index contributed by atoms with van der Waals surface area (Å²) in [4.78, 5) is 24.0. The van der Waals surface area contributed by atoms with E-state index in [1.807, 2.05) is 23.1 Å². The molecule has 3 heterocycles. The molecule has 1 aromatic heterocycles. The Morgan fingerprint density at radius 2 is 2.28 bits per heavy atom. The van der Waals surface area contributed by atoms with Crippen LogP contribution in [0.1, 0.15) is 25.3 Å². The van der Waals surface area contributed by atoms with Crippen molar-refractivity contribution in [3.05, 3.63) is 54.0 Å². The largest absolute Gasteiger partial charge is 0.363 e. The van der Waals surface area contributed by atoms with E-state index in [-0.39, 0.29) is 24.8 Å². The number of hydrogen-bond donors (Lipinski definition) is 2. The smallest absolute Gasteiger partial charge is 0.246 e. The van der Waals surface area contributed by atoms with E-state index in [0.717, 1.165) is 37.8 Å². The van der Waals surface area contributed by atoms with Gasteiger partial charge in [0.2, 0.25) is 11.9 Å². The molecule has 1 saturated heterocycles. The fraction of sp³-hybridized carbons (Fsp3) is 0.381. The van der Waals surface area contributed by atoms with Crippen LogP contribution in [0.25, 0.3) is 0 Å². The zero-order valence-electron chi connectivity index (χ0n) is 17.2. The molecule has 0 saturated carbocycles. The van der Waals surface area contributed by atoms with Gasteiger partial charge in [0, 0.05) is 39.3 Å². The highest BCUT2D eigenvalue weighted by Gasteiger charge is 2.23. The Morgan fingerprint density at radius 1 is 1.41 bits per heavy atom. The number of halogens is 1. The molecular weight excluding hydrogens is 371 g/mol. The van der Waals surface area contributed by atoms with Crippen molar-refractivity contribution in [2.24, 2.45) is 0 Å². The van der Waals surface area contributed by atoms with Crippen molar-refractivity contribution in [3.8, 4) is 0 Å². The molecule has 1 atom stereocenters. The first-order chi connectivity index (χ1) is 14.6. The lowest BCUT2D eigenvalue weighted by molar-refractivity contribution is -0.127. The zero-order chi connectivity index (χ0) is 21.1. The summed E-state index contributed by atoms with van der Waals surface area (Å²) in [6.45, 7) is 6.22. The summed E-state index contributed by atoms with van der Waals surface area (Å²) >= 11 is 0. The number of piperidine rings is 1. The minimum Gasteiger partial charge on any atom is -0.363 e. The van der Waals surface area contributed by atoms with Gasteiger partial charge < -0.3 is 15.5 Å². The highest BCUT2D eigenvalue weighted by molar-refractivity contribution is 5.87. The fourth-order valence-corrected chi connectivity index (χ4v) is 3.82. The van der Waals surface area contributed by atoms with E-state index in [1.54, 1.807) is 4.90 Å². The first kappa shape index (κ1) is 18.1. The molecule has 2 aliphatic rings. The van der Waals surface area contributed by atoms with Gasteiger partial charge in [0.05, 0.1) is 6.20 Å². The molecule has 1 fully saturated rings. The second-order valence-corrected chi connectivity index (χ2v) is 7.46. The van der Waals surface area contributed by atoms with E-state index in [1.165, 1.54) is 17.2 Å². The predicted octanol–water partition coefficient (Wildman–Crippen LogP) is 2.89. The van der Waals surface area contributed by atoms with Gasteiger partial charge in [0.1, 0.15) is 0 Å². The lowest BCUT2D eigenvalue weighted by atomic mass is 10.1. The molecule has 1 unspecified atom stereocenters. The second kappa shape index (κ2) is 8.16. The monoisotopic (exact) mass is 397 g/mol. The summed E-state index contributed by atoms with van der Waals surface area (Å²) < 4.78 is 21.8. The molecule has 7 nitrogen and oxygen atoms in total. The van der Waals surface area contributed by atoms with Crippen LogP contribution in [0.2, 0.25) is 0 Å². The number of aromatic nitrogens is 2. The van der Waals surface area contributed by atoms with Crippen molar-refractivity contribution in [1.29, 1.82) is 0 Å². The number of fused-ring (bicyclic) bond motifs is 1. The number of carbonyl (C=O) groups excluding carboxylic acids is 1. The molecular formula is C21H25FN6O. The van der Waals surface area contributed by atoms with E-state index < -0.39 is 5.82 Å². The molecule has 0 radical (unpaired) electrons. The Hall–Kier alpha value is -3.00. The van der Waals surface area contributed by atoms with Crippen LogP contribution >= 0.6 is 0 Å². The molecule has 0 spiro atoms. The van der Waals surface area contributed by atoms with Crippen LogP contribution < -0.4 is 10.6 Å². The van der Waals surface area contributed by atoms with Gasteiger partial charge >= 0.3 is 0 Å². The number of nitrogens with zero attached hydrogens (tertiary/aromatic N) is 4. The van der Waals surface area contributed by atoms with Gasteiger partial charge in [-0.15, -0.1) is 0 Å². The number of nitrogens with one attached hydrogen (secondary N) is 2. The van der Waals surface area contributed by atoms with E-state index >= 15 is 0 Å². The molecule has 8 heteroatoms. The molecule has 2 aliphatic heterocycles. The minimum atomic E-state index is -0.534. The molecule has 0 aliphatic carbocycles.